The standard InChI is InChI=1S/C19H39N2O7P/c1-4-18(23)20-12-8-5-6-11-19(24)21-13-9-7-10-17(14-22)15-27-29(25,26)28-16(2)3/h16-17,22H,4-15H2,1-3H3,(H,20,23)(H,21,24)(H,25,26). The summed E-state index contributed by atoms with van der Waals surface area (Å²) in [6.45, 7) is 6.09. The minimum atomic E-state index is -4.09. The molecule has 0 aliphatic rings. The third-order valence-corrected chi connectivity index (χ3v) is 5.32. The van der Waals surface area contributed by atoms with E-state index in [4.69, 9.17) is 9.05 Å². The van der Waals surface area contributed by atoms with Crippen LogP contribution in [-0.2, 0) is 23.2 Å². The van der Waals surface area contributed by atoms with Crippen LogP contribution in [0.5, 0.6) is 0 Å². The Hall–Kier alpha value is -0.990. The maximum atomic E-state index is 11.8. The number of rotatable bonds is 18. The summed E-state index contributed by atoms with van der Waals surface area (Å²) in [6, 6.07) is 0. The SMILES string of the molecule is CCC(=O)NCCCCCC(=O)NCCCCC(CO)COP(=O)(O)OC(C)C. The van der Waals surface area contributed by atoms with Crippen LogP contribution in [0.2, 0.25) is 0 Å². The van der Waals surface area contributed by atoms with Crippen molar-refractivity contribution in [2.24, 2.45) is 5.92 Å². The van der Waals surface area contributed by atoms with Crippen LogP contribution in [0.4, 0.5) is 0 Å². The number of phosphoric ester groups is 1. The number of amides is 2. The van der Waals surface area contributed by atoms with Gasteiger partial charge in [-0.15, -0.1) is 0 Å². The fourth-order valence-electron chi connectivity index (χ4n) is 2.54. The molecule has 0 aromatic heterocycles. The predicted molar refractivity (Wildman–Crippen MR) is 111 cm³/mol. The van der Waals surface area contributed by atoms with E-state index in [9.17, 15) is 24.2 Å². The molecule has 0 radical (unpaired) electrons. The summed E-state index contributed by atoms with van der Waals surface area (Å²) in [5.41, 5.74) is 0. The lowest BCUT2D eigenvalue weighted by Gasteiger charge is -2.18. The van der Waals surface area contributed by atoms with E-state index in [1.165, 1.54) is 0 Å². The van der Waals surface area contributed by atoms with E-state index < -0.39 is 13.9 Å². The molecule has 0 aromatic rings. The predicted octanol–water partition coefficient (Wildman–Crippen LogP) is 2.51. The Kier molecular flexibility index (Phi) is 16.2. The van der Waals surface area contributed by atoms with Gasteiger partial charge in [-0.2, -0.15) is 0 Å². The number of aliphatic hydroxyl groups is 1. The van der Waals surface area contributed by atoms with Crippen molar-refractivity contribution in [2.75, 3.05) is 26.3 Å². The summed E-state index contributed by atoms with van der Waals surface area (Å²) in [5, 5.41) is 15.0. The summed E-state index contributed by atoms with van der Waals surface area (Å²) in [6.07, 6.45) is 5.22. The van der Waals surface area contributed by atoms with Gasteiger partial charge in [0.25, 0.3) is 0 Å². The molecule has 0 heterocycles. The maximum Gasteiger partial charge on any atom is 0.472 e. The summed E-state index contributed by atoms with van der Waals surface area (Å²) in [4.78, 5) is 32.4. The third-order valence-electron chi connectivity index (χ3n) is 4.16. The van der Waals surface area contributed by atoms with Crippen LogP contribution in [0, 0.1) is 5.92 Å². The molecule has 0 fully saturated rings. The van der Waals surface area contributed by atoms with Crippen molar-refractivity contribution in [1.82, 2.24) is 10.6 Å². The average molecular weight is 439 g/mol. The fraction of sp³-hybridized carbons (Fsp3) is 0.895. The monoisotopic (exact) mass is 438 g/mol. The Morgan fingerprint density at radius 1 is 1.00 bits per heavy atom. The molecule has 0 spiro atoms. The number of aliphatic hydroxyl groups excluding tert-OH is 1. The van der Waals surface area contributed by atoms with Crippen LogP contribution >= 0.6 is 7.82 Å². The molecule has 0 rings (SSSR count). The van der Waals surface area contributed by atoms with E-state index in [1.54, 1.807) is 13.8 Å². The second-order valence-corrected chi connectivity index (χ2v) is 8.73. The smallest absolute Gasteiger partial charge is 0.396 e. The molecule has 9 nitrogen and oxygen atoms in total. The van der Waals surface area contributed by atoms with Gasteiger partial charge in [0, 0.05) is 38.5 Å². The van der Waals surface area contributed by atoms with Crippen molar-refractivity contribution < 1.29 is 33.2 Å². The molecule has 29 heavy (non-hydrogen) atoms. The van der Waals surface area contributed by atoms with Crippen LogP contribution in [-0.4, -0.2) is 54.2 Å². The van der Waals surface area contributed by atoms with E-state index in [0.29, 0.717) is 32.4 Å². The topological polar surface area (TPSA) is 134 Å². The molecule has 0 saturated carbocycles. The molecular formula is C19H39N2O7P. The summed E-state index contributed by atoms with van der Waals surface area (Å²) >= 11 is 0. The minimum absolute atomic E-state index is 0.0108. The van der Waals surface area contributed by atoms with Crippen LogP contribution in [0.1, 0.15) is 72.1 Å². The van der Waals surface area contributed by atoms with Gasteiger partial charge in [-0.1, -0.05) is 19.8 Å². The molecule has 2 unspecified atom stereocenters. The normalized spacial score (nSPS) is 14.4. The van der Waals surface area contributed by atoms with Crippen LogP contribution in [0.25, 0.3) is 0 Å². The molecule has 2 amide bonds. The van der Waals surface area contributed by atoms with Gasteiger partial charge in [0.15, 0.2) is 0 Å². The van der Waals surface area contributed by atoms with Crippen molar-refractivity contribution >= 4 is 19.6 Å². The quantitative estimate of drug-likeness (QED) is 0.191. The lowest BCUT2D eigenvalue weighted by Crippen LogP contribution is -2.25. The molecule has 2 atom stereocenters. The molecule has 0 aromatic carbocycles. The van der Waals surface area contributed by atoms with Crippen LogP contribution < -0.4 is 10.6 Å². The maximum absolute atomic E-state index is 11.8. The number of carbonyl (C=O) groups is 2. The van der Waals surface area contributed by atoms with E-state index in [1.807, 2.05) is 6.92 Å². The zero-order valence-corrected chi connectivity index (χ0v) is 18.9. The first-order chi connectivity index (χ1) is 13.7. The molecule has 0 aliphatic carbocycles. The first kappa shape index (κ1) is 28.0. The molecular weight excluding hydrogens is 399 g/mol. The first-order valence-electron chi connectivity index (χ1n) is 10.5. The third kappa shape index (κ3) is 17.6. The Bertz CT molecular complexity index is 503. The molecule has 10 heteroatoms. The Labute approximate surface area is 174 Å². The molecule has 0 saturated heterocycles. The molecule has 4 N–H and O–H groups in total. The average Bonchev–Trinajstić information content (AvgIpc) is 2.65. The van der Waals surface area contributed by atoms with Gasteiger partial charge in [0.2, 0.25) is 11.8 Å². The van der Waals surface area contributed by atoms with Crippen molar-refractivity contribution in [3.05, 3.63) is 0 Å². The highest BCUT2D eigenvalue weighted by molar-refractivity contribution is 7.47. The Balaban J connectivity index is 3.71. The van der Waals surface area contributed by atoms with Crippen LogP contribution in [0.3, 0.4) is 0 Å². The van der Waals surface area contributed by atoms with E-state index in [-0.39, 0.29) is 30.9 Å². The number of nitrogens with one attached hydrogen (secondary N) is 2. The molecule has 172 valence electrons. The highest BCUT2D eigenvalue weighted by Gasteiger charge is 2.24. The van der Waals surface area contributed by atoms with Crippen LogP contribution in [0.15, 0.2) is 0 Å². The zero-order valence-electron chi connectivity index (χ0n) is 18.0. The van der Waals surface area contributed by atoms with E-state index >= 15 is 0 Å². The van der Waals surface area contributed by atoms with Gasteiger partial charge < -0.3 is 20.6 Å². The van der Waals surface area contributed by atoms with Gasteiger partial charge in [-0.05, 0) is 39.5 Å². The van der Waals surface area contributed by atoms with Gasteiger partial charge >= 0.3 is 7.82 Å². The van der Waals surface area contributed by atoms with Gasteiger partial charge in [0.1, 0.15) is 0 Å². The van der Waals surface area contributed by atoms with Crippen molar-refractivity contribution in [1.29, 1.82) is 0 Å². The number of hydrogen-bond donors (Lipinski definition) is 4. The highest BCUT2D eigenvalue weighted by Crippen LogP contribution is 2.44. The second-order valence-electron chi connectivity index (χ2n) is 7.33. The zero-order chi connectivity index (χ0) is 22.1. The Morgan fingerprint density at radius 2 is 1.62 bits per heavy atom. The van der Waals surface area contributed by atoms with Crippen molar-refractivity contribution in [2.45, 2.75) is 78.2 Å². The number of hydrogen-bond acceptors (Lipinski definition) is 6. The summed E-state index contributed by atoms with van der Waals surface area (Å²) in [7, 11) is -4.09. The lowest BCUT2D eigenvalue weighted by molar-refractivity contribution is -0.122. The lowest BCUT2D eigenvalue weighted by atomic mass is 10.0. The largest absolute Gasteiger partial charge is 0.472 e. The Morgan fingerprint density at radius 3 is 2.21 bits per heavy atom. The highest BCUT2D eigenvalue weighted by atomic mass is 31.2. The summed E-state index contributed by atoms with van der Waals surface area (Å²) < 4.78 is 21.4. The molecule has 0 aliphatic heterocycles. The van der Waals surface area contributed by atoms with Gasteiger partial charge in [0.05, 0.1) is 12.7 Å². The van der Waals surface area contributed by atoms with Gasteiger partial charge in [-0.3, -0.25) is 18.6 Å². The van der Waals surface area contributed by atoms with Crippen molar-refractivity contribution in [3.63, 3.8) is 0 Å². The second kappa shape index (κ2) is 16.8. The number of carbonyl (C=O) groups excluding carboxylic acids is 2. The molecule has 0 bridgehead atoms. The number of phosphoric acid groups is 1. The number of unbranched alkanes of at least 4 members (excludes halogenated alkanes) is 3. The van der Waals surface area contributed by atoms with E-state index in [2.05, 4.69) is 10.6 Å². The minimum Gasteiger partial charge on any atom is -0.396 e. The van der Waals surface area contributed by atoms with Crippen molar-refractivity contribution in [3.8, 4) is 0 Å². The fourth-order valence-corrected chi connectivity index (χ4v) is 3.53. The summed E-state index contributed by atoms with van der Waals surface area (Å²) in [5.74, 6) is -0.196. The van der Waals surface area contributed by atoms with E-state index in [0.717, 1.165) is 32.1 Å². The van der Waals surface area contributed by atoms with Gasteiger partial charge in [-0.25, -0.2) is 4.57 Å². The first-order valence-corrected chi connectivity index (χ1v) is 12.0.